The van der Waals surface area contributed by atoms with E-state index in [0.29, 0.717) is 0 Å². The summed E-state index contributed by atoms with van der Waals surface area (Å²) in [6, 6.07) is 1.24. The van der Waals surface area contributed by atoms with Crippen LogP contribution in [-0.2, 0) is 14.8 Å². The predicted octanol–water partition coefficient (Wildman–Crippen LogP) is -0.268. The van der Waals surface area contributed by atoms with Gasteiger partial charge >= 0.3 is 5.97 Å². The van der Waals surface area contributed by atoms with Gasteiger partial charge in [-0.3, -0.25) is 4.79 Å². The van der Waals surface area contributed by atoms with Crippen molar-refractivity contribution in [3.05, 3.63) is 16.3 Å². The predicted molar refractivity (Wildman–Crippen MR) is 62.5 cm³/mol. The van der Waals surface area contributed by atoms with Gasteiger partial charge in [0.25, 0.3) is 0 Å². The number of carbonyl (C=O) groups is 1. The van der Waals surface area contributed by atoms with Gasteiger partial charge in [-0.05, 0) is 18.4 Å². The lowest BCUT2D eigenvalue weighted by atomic mass is 10.2. The Kier molecular flexibility index (Phi) is 4.42. The van der Waals surface area contributed by atoms with E-state index in [9.17, 15) is 18.3 Å². The molecule has 0 aromatic carbocycles. The lowest BCUT2D eigenvalue weighted by molar-refractivity contribution is -0.141. The Labute approximate surface area is 107 Å². The van der Waals surface area contributed by atoms with Crippen LogP contribution < -0.4 is 4.72 Å². The van der Waals surface area contributed by atoms with Crippen LogP contribution in [-0.4, -0.2) is 36.7 Å². The van der Waals surface area contributed by atoms with E-state index in [2.05, 4.69) is 0 Å². The van der Waals surface area contributed by atoms with Crippen LogP contribution >= 0.6 is 11.3 Å². The largest absolute Gasteiger partial charge is 0.480 e. The number of carboxylic acid groups (broad SMARTS) is 1. The van der Waals surface area contributed by atoms with Crippen LogP contribution in [0.2, 0.25) is 0 Å². The Balaban J connectivity index is 3.10. The zero-order valence-electron chi connectivity index (χ0n) is 9.19. The van der Waals surface area contributed by atoms with Crippen molar-refractivity contribution in [2.24, 2.45) is 0 Å². The summed E-state index contributed by atoms with van der Waals surface area (Å²) in [5, 5.41) is 28.1. The van der Waals surface area contributed by atoms with Crippen molar-refractivity contribution in [1.82, 2.24) is 4.72 Å². The molecule has 1 aromatic heterocycles. The molecule has 0 fully saturated rings. The topological polar surface area (TPSA) is 127 Å². The van der Waals surface area contributed by atoms with Crippen LogP contribution in [0.1, 0.15) is 11.8 Å². The highest BCUT2D eigenvalue weighted by molar-refractivity contribution is 7.89. The first-order valence-electron chi connectivity index (χ1n) is 4.70. The van der Waals surface area contributed by atoms with Crippen molar-refractivity contribution in [3.8, 4) is 6.07 Å². The number of hydrogen-bond donors (Lipinski definition) is 3. The lowest BCUT2D eigenvalue weighted by Crippen LogP contribution is -2.47. The smallest absolute Gasteiger partial charge is 0.324 e. The van der Waals surface area contributed by atoms with Gasteiger partial charge in [0, 0.05) is 0 Å². The van der Waals surface area contributed by atoms with Gasteiger partial charge in [-0.2, -0.15) is 9.98 Å². The van der Waals surface area contributed by atoms with Crippen molar-refractivity contribution in [1.29, 1.82) is 5.26 Å². The number of nitrogens with one attached hydrogen (secondary N) is 1. The molecule has 0 bridgehead atoms. The first kappa shape index (κ1) is 14.6. The maximum atomic E-state index is 11.9. The van der Waals surface area contributed by atoms with Gasteiger partial charge in [-0.1, -0.05) is 0 Å². The number of carboxylic acids is 1. The Bertz CT molecular complexity index is 584. The van der Waals surface area contributed by atoms with E-state index in [-0.39, 0.29) is 9.77 Å². The molecule has 1 rings (SSSR count). The highest BCUT2D eigenvalue weighted by atomic mass is 32.2. The lowest BCUT2D eigenvalue weighted by Gasteiger charge is -2.16. The number of aliphatic carboxylic acids is 1. The molecule has 7 nitrogen and oxygen atoms in total. The first-order chi connectivity index (χ1) is 8.29. The normalized spacial score (nSPS) is 14.7. The number of hydrogen-bond acceptors (Lipinski definition) is 6. The van der Waals surface area contributed by atoms with E-state index >= 15 is 0 Å². The van der Waals surface area contributed by atoms with E-state index in [0.717, 1.165) is 18.3 Å². The van der Waals surface area contributed by atoms with Gasteiger partial charge in [0.2, 0.25) is 10.0 Å². The Hall–Kier alpha value is -1.47. The fraction of sp³-hybridized carbons (Fsp3) is 0.333. The second-order valence-electron chi connectivity index (χ2n) is 3.40. The third-order valence-electron chi connectivity index (χ3n) is 2.05. The average molecular weight is 290 g/mol. The molecule has 2 atom stereocenters. The number of aliphatic hydroxyl groups is 1. The van der Waals surface area contributed by atoms with Crippen LogP contribution in [0.3, 0.4) is 0 Å². The number of sulfonamides is 1. The number of nitriles is 1. The summed E-state index contributed by atoms with van der Waals surface area (Å²) in [4.78, 5) is 10.5. The van der Waals surface area contributed by atoms with Crippen LogP contribution in [0.4, 0.5) is 0 Å². The molecule has 9 heteroatoms. The number of rotatable bonds is 5. The van der Waals surface area contributed by atoms with Crippen molar-refractivity contribution in [2.45, 2.75) is 24.0 Å². The molecule has 0 spiro atoms. The van der Waals surface area contributed by atoms with E-state index < -0.39 is 28.1 Å². The minimum absolute atomic E-state index is 0.0442. The molecule has 0 saturated heterocycles. The molecule has 98 valence electrons. The van der Waals surface area contributed by atoms with Gasteiger partial charge in [-0.25, -0.2) is 8.42 Å². The maximum absolute atomic E-state index is 11.9. The van der Waals surface area contributed by atoms with E-state index in [1.54, 1.807) is 6.07 Å². The van der Waals surface area contributed by atoms with E-state index in [4.69, 9.17) is 10.4 Å². The molecule has 0 unspecified atom stereocenters. The van der Waals surface area contributed by atoms with Gasteiger partial charge < -0.3 is 10.2 Å². The Morgan fingerprint density at radius 3 is 2.67 bits per heavy atom. The summed E-state index contributed by atoms with van der Waals surface area (Å²) >= 11 is 0.930. The molecule has 18 heavy (non-hydrogen) atoms. The minimum atomic E-state index is -4.15. The summed E-state index contributed by atoms with van der Waals surface area (Å²) in [6.45, 7) is 1.15. The molecule has 1 heterocycles. The van der Waals surface area contributed by atoms with Gasteiger partial charge in [0.15, 0.2) is 0 Å². The Morgan fingerprint density at radius 1 is 1.61 bits per heavy atom. The van der Waals surface area contributed by atoms with Crippen molar-refractivity contribution >= 4 is 27.3 Å². The van der Waals surface area contributed by atoms with Crippen molar-refractivity contribution < 1.29 is 23.4 Å². The second kappa shape index (κ2) is 5.45. The fourth-order valence-electron chi connectivity index (χ4n) is 1.18. The molecule has 0 saturated carbocycles. The monoisotopic (exact) mass is 290 g/mol. The third kappa shape index (κ3) is 3.05. The van der Waals surface area contributed by atoms with Crippen LogP contribution in [0.25, 0.3) is 0 Å². The number of aliphatic hydroxyl groups excluding tert-OH is 1. The summed E-state index contributed by atoms with van der Waals surface area (Å²) in [5.74, 6) is -1.50. The zero-order chi connectivity index (χ0) is 13.9. The average Bonchev–Trinajstić information content (AvgIpc) is 2.73. The van der Waals surface area contributed by atoms with Crippen molar-refractivity contribution in [2.75, 3.05) is 0 Å². The molecular weight excluding hydrogens is 280 g/mol. The maximum Gasteiger partial charge on any atom is 0.324 e. The second-order valence-corrected chi connectivity index (χ2v) is 6.00. The molecule has 0 radical (unpaired) electrons. The van der Waals surface area contributed by atoms with Gasteiger partial charge in [0.05, 0.1) is 6.10 Å². The molecule has 0 aliphatic heterocycles. The highest BCUT2D eigenvalue weighted by Crippen LogP contribution is 2.21. The van der Waals surface area contributed by atoms with Crippen molar-refractivity contribution in [3.63, 3.8) is 0 Å². The molecular formula is C9H10N2O5S2. The quantitative estimate of drug-likeness (QED) is 0.685. The first-order valence-corrected chi connectivity index (χ1v) is 7.06. The highest BCUT2D eigenvalue weighted by Gasteiger charge is 2.30. The summed E-state index contributed by atoms with van der Waals surface area (Å²) in [6.07, 6.45) is -1.40. The molecule has 0 amide bonds. The van der Waals surface area contributed by atoms with E-state index in [1.807, 2.05) is 4.72 Å². The summed E-state index contributed by atoms with van der Waals surface area (Å²) < 4.78 is 25.6. The minimum Gasteiger partial charge on any atom is -0.480 e. The summed E-state index contributed by atoms with van der Waals surface area (Å²) in [7, 11) is -4.15. The fourth-order valence-corrected chi connectivity index (χ4v) is 3.61. The number of nitrogens with zero attached hydrogens (tertiary/aromatic N) is 1. The standard InChI is InChI=1S/C9H10N2O5S2/c1-5(12)8(9(13)14)11-18(15,16)7-2-3-17-6(7)4-10/h2-3,5,8,11-12H,1H3,(H,13,14)/t5-,8-/m0/s1. The summed E-state index contributed by atoms with van der Waals surface area (Å²) in [5.41, 5.74) is 0. The molecule has 1 aromatic rings. The molecule has 3 N–H and O–H groups in total. The SMILES string of the molecule is C[C@H](O)[C@H](NS(=O)(=O)c1ccsc1C#N)C(=O)O. The van der Waals surface area contributed by atoms with Crippen LogP contribution in [0.15, 0.2) is 16.3 Å². The number of thiophene rings is 1. The van der Waals surface area contributed by atoms with Gasteiger partial charge in [0.1, 0.15) is 21.9 Å². The molecule has 0 aliphatic carbocycles. The Morgan fingerprint density at radius 2 is 2.22 bits per heavy atom. The van der Waals surface area contributed by atoms with Gasteiger partial charge in [-0.15, -0.1) is 11.3 Å². The van der Waals surface area contributed by atoms with Crippen LogP contribution in [0.5, 0.6) is 0 Å². The molecule has 0 aliphatic rings. The van der Waals surface area contributed by atoms with Crippen LogP contribution in [0, 0.1) is 11.3 Å². The zero-order valence-corrected chi connectivity index (χ0v) is 10.8. The van der Waals surface area contributed by atoms with E-state index in [1.165, 1.54) is 11.4 Å². The third-order valence-corrected chi connectivity index (χ3v) is 4.48.